The number of benzene rings is 2. The Morgan fingerprint density at radius 2 is 1.66 bits per heavy atom. The molecule has 0 aromatic heterocycles. The number of anilines is 2. The first-order chi connectivity index (χ1) is 13.8. The van der Waals surface area contributed by atoms with Crippen molar-refractivity contribution in [3.8, 4) is 0 Å². The molecule has 29 heavy (non-hydrogen) atoms. The summed E-state index contributed by atoms with van der Waals surface area (Å²) in [4.78, 5) is 35.9. The van der Waals surface area contributed by atoms with Crippen LogP contribution < -0.4 is 21.5 Å². The molecule has 3 amide bonds. The Bertz CT molecular complexity index is 926. The smallest absolute Gasteiger partial charge is 0.326 e. The van der Waals surface area contributed by atoms with E-state index in [2.05, 4.69) is 28.1 Å². The van der Waals surface area contributed by atoms with Crippen molar-refractivity contribution in [2.45, 2.75) is 26.7 Å². The molecule has 0 atom stereocenters. The van der Waals surface area contributed by atoms with Crippen LogP contribution in [0.3, 0.4) is 0 Å². The molecule has 0 heterocycles. The molecule has 0 fully saturated rings. The van der Waals surface area contributed by atoms with Gasteiger partial charge in [-0.2, -0.15) is 0 Å². The first kappa shape index (κ1) is 22.0. The van der Waals surface area contributed by atoms with E-state index in [9.17, 15) is 14.4 Å². The first-order valence-electron chi connectivity index (χ1n) is 8.98. The average molecular weight is 415 g/mol. The minimum atomic E-state index is -0.903. The molecule has 0 spiro atoms. The van der Waals surface area contributed by atoms with Gasteiger partial charge in [0.25, 0.3) is 0 Å². The molecule has 2 aromatic rings. The van der Waals surface area contributed by atoms with Crippen LogP contribution in [0.15, 0.2) is 54.7 Å². The molecule has 0 aliphatic heterocycles. The van der Waals surface area contributed by atoms with Crippen LogP contribution in [0.4, 0.5) is 11.4 Å². The van der Waals surface area contributed by atoms with E-state index in [1.54, 1.807) is 30.3 Å². The Morgan fingerprint density at radius 3 is 2.28 bits per heavy atom. The second kappa shape index (κ2) is 10.3. The number of hydrogen-bond donors (Lipinski definition) is 4. The Kier molecular flexibility index (Phi) is 7.79. The fourth-order valence-electron chi connectivity index (χ4n) is 2.41. The van der Waals surface area contributed by atoms with Gasteiger partial charge < -0.3 is 16.1 Å². The highest BCUT2D eigenvalue weighted by molar-refractivity contribution is 6.39. The van der Waals surface area contributed by atoms with Crippen LogP contribution in [0.5, 0.6) is 0 Å². The summed E-state index contributed by atoms with van der Waals surface area (Å²) in [6, 6.07) is 12.3. The molecule has 0 bridgehead atoms. The van der Waals surface area contributed by atoms with E-state index >= 15 is 0 Å². The lowest BCUT2D eigenvalue weighted by atomic mass is 10.1. The summed E-state index contributed by atoms with van der Waals surface area (Å²) in [5, 5.41) is 5.80. The molecule has 152 valence electrons. The van der Waals surface area contributed by atoms with Gasteiger partial charge in [-0.3, -0.25) is 19.8 Å². The number of hydrogen-bond acceptors (Lipinski definition) is 4. The van der Waals surface area contributed by atoms with Crippen LogP contribution in [0.2, 0.25) is 5.02 Å². The monoisotopic (exact) mass is 414 g/mol. The van der Waals surface area contributed by atoms with E-state index in [0.29, 0.717) is 16.4 Å². The third kappa shape index (κ3) is 6.97. The number of nitrogens with one attached hydrogen (secondary N) is 4. The summed E-state index contributed by atoms with van der Waals surface area (Å²) in [6.45, 7) is 7.51. The number of carbonyl (C=O) groups excluding carboxylic acids is 3. The summed E-state index contributed by atoms with van der Waals surface area (Å²) >= 11 is 5.89. The quantitative estimate of drug-likeness (QED) is 0.412. The molecule has 2 aromatic carbocycles. The number of rotatable bonds is 7. The summed E-state index contributed by atoms with van der Waals surface area (Å²) in [6.07, 6.45) is 0.786. The number of amides is 3. The van der Waals surface area contributed by atoms with Crippen LogP contribution in [0.1, 0.15) is 24.5 Å². The fraction of sp³-hybridized carbons (Fsp3) is 0.190. The van der Waals surface area contributed by atoms with Crippen LogP contribution in [0, 0.1) is 6.92 Å². The summed E-state index contributed by atoms with van der Waals surface area (Å²) < 4.78 is 0. The molecule has 0 radical (unpaired) electrons. The van der Waals surface area contributed by atoms with E-state index in [-0.39, 0.29) is 18.0 Å². The maximum absolute atomic E-state index is 12.1. The van der Waals surface area contributed by atoms with Crippen LogP contribution in [-0.4, -0.2) is 17.7 Å². The lowest BCUT2D eigenvalue weighted by molar-refractivity contribution is -0.136. The fourth-order valence-corrected chi connectivity index (χ4v) is 2.64. The highest BCUT2D eigenvalue weighted by atomic mass is 35.5. The van der Waals surface area contributed by atoms with Crippen LogP contribution in [0.25, 0.3) is 0 Å². The largest absolute Gasteiger partial charge is 0.327 e. The third-order valence-corrected chi connectivity index (χ3v) is 4.25. The Balaban J connectivity index is 1.77. The zero-order chi connectivity index (χ0) is 21.4. The van der Waals surface area contributed by atoms with Gasteiger partial charge in [-0.1, -0.05) is 37.2 Å². The van der Waals surface area contributed by atoms with E-state index in [1.165, 1.54) is 0 Å². The Hall–Kier alpha value is -3.32. The second-order valence-corrected chi connectivity index (χ2v) is 6.81. The molecule has 0 unspecified atom stereocenters. The van der Waals surface area contributed by atoms with Gasteiger partial charge in [0.1, 0.15) is 0 Å². The van der Waals surface area contributed by atoms with Gasteiger partial charge in [-0.15, -0.1) is 0 Å². The highest BCUT2D eigenvalue weighted by Gasteiger charge is 2.14. The van der Waals surface area contributed by atoms with E-state index in [4.69, 9.17) is 11.6 Å². The van der Waals surface area contributed by atoms with Gasteiger partial charge in [0.05, 0.1) is 6.42 Å². The molecular weight excluding hydrogens is 392 g/mol. The van der Waals surface area contributed by atoms with Gasteiger partial charge in [0.15, 0.2) is 0 Å². The van der Waals surface area contributed by atoms with Crippen molar-refractivity contribution < 1.29 is 14.4 Å². The molecular formula is C21H23ClN4O3. The van der Waals surface area contributed by atoms with E-state index in [0.717, 1.165) is 17.5 Å². The molecule has 4 N–H and O–H groups in total. The topological polar surface area (TPSA) is 99.3 Å². The maximum Gasteiger partial charge on any atom is 0.327 e. The van der Waals surface area contributed by atoms with Crippen molar-refractivity contribution in [2.24, 2.45) is 0 Å². The van der Waals surface area contributed by atoms with E-state index < -0.39 is 11.8 Å². The van der Waals surface area contributed by atoms with E-state index in [1.807, 2.05) is 26.0 Å². The van der Waals surface area contributed by atoms with Gasteiger partial charge in [-0.25, -0.2) is 0 Å². The van der Waals surface area contributed by atoms with Gasteiger partial charge in [0.2, 0.25) is 5.91 Å². The minimum Gasteiger partial charge on any atom is -0.326 e. The predicted molar refractivity (Wildman–Crippen MR) is 114 cm³/mol. The maximum atomic E-state index is 12.1. The average Bonchev–Trinajstić information content (AvgIpc) is 2.68. The molecule has 2 rings (SSSR count). The van der Waals surface area contributed by atoms with Crippen molar-refractivity contribution in [1.82, 2.24) is 10.9 Å². The number of aryl methyl sites for hydroxylation is 2. The van der Waals surface area contributed by atoms with Crippen LogP contribution in [-0.2, 0) is 20.8 Å². The highest BCUT2D eigenvalue weighted by Crippen LogP contribution is 2.19. The molecule has 8 heteroatoms. The van der Waals surface area contributed by atoms with Crippen molar-refractivity contribution in [1.29, 1.82) is 0 Å². The predicted octanol–water partition coefficient (Wildman–Crippen LogP) is 3.31. The molecule has 0 aliphatic carbocycles. The van der Waals surface area contributed by atoms with Gasteiger partial charge >= 0.3 is 11.8 Å². The standard InChI is InChI=1S/C21H23ClN4O3/c1-4-15-5-8-17(9-6-15)23-20(28)21(29)26-25-14(3)12-19(27)24-18-10-7-16(22)11-13(18)2/h5-11,25H,3-4,12H2,1-2H3,(H,23,28)(H,24,27)(H,26,29). The number of carbonyl (C=O) groups is 3. The van der Waals surface area contributed by atoms with Crippen molar-refractivity contribution in [3.05, 3.63) is 70.9 Å². The van der Waals surface area contributed by atoms with Crippen molar-refractivity contribution in [2.75, 3.05) is 10.6 Å². The van der Waals surface area contributed by atoms with Crippen LogP contribution >= 0.6 is 11.6 Å². The number of hydrazine groups is 1. The SMILES string of the molecule is C=C(CC(=O)Nc1ccc(Cl)cc1C)NNC(=O)C(=O)Nc1ccc(CC)cc1. The normalized spacial score (nSPS) is 10.0. The summed E-state index contributed by atoms with van der Waals surface area (Å²) in [7, 11) is 0. The molecule has 0 saturated carbocycles. The number of halogens is 1. The minimum absolute atomic E-state index is 0.0948. The van der Waals surface area contributed by atoms with Crippen molar-refractivity contribution >= 4 is 40.7 Å². The summed E-state index contributed by atoms with van der Waals surface area (Å²) in [5.74, 6) is -2.07. The molecule has 0 aliphatic rings. The third-order valence-electron chi connectivity index (χ3n) is 4.02. The second-order valence-electron chi connectivity index (χ2n) is 6.37. The zero-order valence-corrected chi connectivity index (χ0v) is 17.0. The zero-order valence-electron chi connectivity index (χ0n) is 16.3. The lowest BCUT2D eigenvalue weighted by Gasteiger charge is -2.12. The van der Waals surface area contributed by atoms with Gasteiger partial charge in [0, 0.05) is 22.1 Å². The lowest BCUT2D eigenvalue weighted by Crippen LogP contribution is -2.43. The van der Waals surface area contributed by atoms with Crippen molar-refractivity contribution in [3.63, 3.8) is 0 Å². The first-order valence-corrected chi connectivity index (χ1v) is 9.36. The van der Waals surface area contributed by atoms with Gasteiger partial charge in [-0.05, 0) is 54.8 Å². The Labute approximate surface area is 174 Å². The molecule has 7 nitrogen and oxygen atoms in total. The Morgan fingerprint density at radius 1 is 0.966 bits per heavy atom. The summed E-state index contributed by atoms with van der Waals surface area (Å²) in [5.41, 5.74) is 8.00. The molecule has 0 saturated heterocycles.